The van der Waals surface area contributed by atoms with Crippen molar-refractivity contribution in [2.24, 2.45) is 0 Å². The molecule has 0 unspecified atom stereocenters. The molecule has 0 aliphatic heterocycles. The Bertz CT molecular complexity index is 668. The van der Waals surface area contributed by atoms with E-state index in [0.29, 0.717) is 11.5 Å². The first-order valence-electron chi connectivity index (χ1n) is 5.51. The summed E-state index contributed by atoms with van der Waals surface area (Å²) in [6, 6.07) is 0. The number of aryl methyl sites for hydroxylation is 2. The minimum absolute atomic E-state index is 0.0191. The summed E-state index contributed by atoms with van der Waals surface area (Å²) in [6.07, 6.45) is 1.19. The van der Waals surface area contributed by atoms with E-state index in [2.05, 4.69) is 15.4 Å². The highest BCUT2D eigenvalue weighted by atomic mass is 32.2. The van der Waals surface area contributed by atoms with Gasteiger partial charge in [0.15, 0.2) is 0 Å². The summed E-state index contributed by atoms with van der Waals surface area (Å²) in [6.45, 7) is 3.66. The highest BCUT2D eigenvalue weighted by molar-refractivity contribution is 7.89. The number of nitrogens with zero attached hydrogens (tertiary/aromatic N) is 3. The van der Waals surface area contributed by atoms with Crippen LogP contribution in [0.5, 0.6) is 0 Å². The largest absolute Gasteiger partial charge is 0.383 e. The van der Waals surface area contributed by atoms with E-state index in [1.807, 2.05) is 0 Å². The average Bonchev–Trinajstić information content (AvgIpc) is 2.90. The lowest BCUT2D eigenvalue weighted by Gasteiger charge is -2.16. The molecule has 19 heavy (non-hydrogen) atoms. The molecule has 0 atom stereocenters. The van der Waals surface area contributed by atoms with Gasteiger partial charge in [-0.1, -0.05) is 5.16 Å². The molecular weight excluding hydrogens is 270 g/mol. The molecule has 104 valence electrons. The molecule has 3 N–H and O–H groups in total. The van der Waals surface area contributed by atoms with E-state index in [4.69, 9.17) is 10.3 Å². The molecule has 2 aromatic heterocycles. The topological polar surface area (TPSA) is 118 Å². The number of hydrogen-bond donors (Lipinski definition) is 2. The molecule has 0 amide bonds. The van der Waals surface area contributed by atoms with Crippen LogP contribution in [0, 0.1) is 13.8 Å². The molecule has 9 heteroatoms. The van der Waals surface area contributed by atoms with Gasteiger partial charge in [0, 0.05) is 19.2 Å². The van der Waals surface area contributed by atoms with Gasteiger partial charge in [0.2, 0.25) is 10.0 Å². The molecule has 2 rings (SSSR count). The van der Waals surface area contributed by atoms with Crippen LogP contribution in [0.15, 0.2) is 15.6 Å². The van der Waals surface area contributed by atoms with Crippen LogP contribution in [0.1, 0.15) is 17.0 Å². The second-order valence-corrected chi connectivity index (χ2v) is 6.23. The molecule has 0 bridgehead atoms. The number of anilines is 1. The fraction of sp³-hybridized carbons (Fsp3) is 0.400. The molecule has 0 fully saturated rings. The van der Waals surface area contributed by atoms with Crippen LogP contribution in [0.4, 0.5) is 5.82 Å². The van der Waals surface area contributed by atoms with E-state index >= 15 is 0 Å². The molecule has 2 aromatic rings. The predicted octanol–water partition coefficient (Wildman–Crippen LogP) is 0.417. The maximum atomic E-state index is 12.3. The smallest absolute Gasteiger partial charge is 0.248 e. The van der Waals surface area contributed by atoms with Crippen LogP contribution in [0.2, 0.25) is 0 Å². The summed E-state index contributed by atoms with van der Waals surface area (Å²) >= 11 is 0. The molecule has 0 saturated heterocycles. The summed E-state index contributed by atoms with van der Waals surface area (Å²) in [5.74, 6) is 0.616. The van der Waals surface area contributed by atoms with Crippen molar-refractivity contribution in [1.29, 1.82) is 0 Å². The van der Waals surface area contributed by atoms with Gasteiger partial charge in [-0.15, -0.1) is 0 Å². The van der Waals surface area contributed by atoms with Crippen LogP contribution < -0.4 is 5.73 Å². The van der Waals surface area contributed by atoms with Crippen LogP contribution in [-0.2, 0) is 16.6 Å². The first-order valence-corrected chi connectivity index (χ1v) is 6.95. The second-order valence-electron chi connectivity index (χ2n) is 4.21. The van der Waals surface area contributed by atoms with E-state index in [9.17, 15) is 8.42 Å². The Morgan fingerprint density at radius 1 is 1.47 bits per heavy atom. The number of nitrogens with two attached hydrogens (primary N) is 1. The zero-order valence-electron chi connectivity index (χ0n) is 10.8. The SMILES string of the molecule is Cc1noc(C)c1CN(C)S(=O)(=O)c1cn[nH]c1N. The van der Waals surface area contributed by atoms with Gasteiger partial charge in [0.25, 0.3) is 0 Å². The van der Waals surface area contributed by atoms with E-state index in [1.54, 1.807) is 13.8 Å². The number of aromatic nitrogens is 3. The number of rotatable bonds is 4. The predicted molar refractivity (Wildman–Crippen MR) is 67.6 cm³/mol. The molecule has 0 saturated carbocycles. The van der Waals surface area contributed by atoms with Crippen molar-refractivity contribution < 1.29 is 12.9 Å². The molecule has 0 radical (unpaired) electrons. The number of aromatic amines is 1. The standard InChI is InChI=1S/C10H15N5O3S/c1-6-8(7(2)18-14-6)5-15(3)19(16,17)9-4-12-13-10(9)11/h4H,5H2,1-3H3,(H3,11,12,13). The van der Waals surface area contributed by atoms with Gasteiger partial charge in [-0.2, -0.15) is 9.40 Å². The molecule has 0 aromatic carbocycles. The minimum atomic E-state index is -3.69. The third-order valence-corrected chi connectivity index (χ3v) is 4.71. The normalized spacial score (nSPS) is 12.2. The summed E-state index contributed by atoms with van der Waals surface area (Å²) in [5, 5.41) is 9.81. The second kappa shape index (κ2) is 4.67. The maximum Gasteiger partial charge on any atom is 0.248 e. The van der Waals surface area contributed by atoms with Crippen molar-refractivity contribution in [1.82, 2.24) is 19.7 Å². The van der Waals surface area contributed by atoms with E-state index in [0.717, 1.165) is 5.56 Å². The molecule has 0 spiro atoms. The van der Waals surface area contributed by atoms with Crippen molar-refractivity contribution in [2.45, 2.75) is 25.3 Å². The lowest BCUT2D eigenvalue weighted by atomic mass is 10.2. The van der Waals surface area contributed by atoms with Crippen LogP contribution in [0.25, 0.3) is 0 Å². The molecule has 0 aliphatic rings. The Morgan fingerprint density at radius 2 is 2.16 bits per heavy atom. The number of sulfonamides is 1. The van der Waals surface area contributed by atoms with Crippen molar-refractivity contribution in [3.8, 4) is 0 Å². The fourth-order valence-electron chi connectivity index (χ4n) is 1.69. The van der Waals surface area contributed by atoms with Gasteiger partial charge in [-0.3, -0.25) is 5.10 Å². The van der Waals surface area contributed by atoms with Gasteiger partial charge in [-0.25, -0.2) is 8.42 Å². The Labute approximate surface area is 110 Å². The van der Waals surface area contributed by atoms with Crippen molar-refractivity contribution >= 4 is 15.8 Å². The fourth-order valence-corrected chi connectivity index (χ4v) is 2.84. The van der Waals surface area contributed by atoms with E-state index in [1.165, 1.54) is 17.5 Å². The van der Waals surface area contributed by atoms with Gasteiger partial charge >= 0.3 is 0 Å². The zero-order valence-corrected chi connectivity index (χ0v) is 11.7. The quantitative estimate of drug-likeness (QED) is 0.840. The molecule has 2 heterocycles. The monoisotopic (exact) mass is 285 g/mol. The lowest BCUT2D eigenvalue weighted by Crippen LogP contribution is -2.27. The third kappa shape index (κ3) is 2.34. The lowest BCUT2D eigenvalue weighted by molar-refractivity contribution is 0.390. The highest BCUT2D eigenvalue weighted by Crippen LogP contribution is 2.22. The zero-order chi connectivity index (χ0) is 14.2. The van der Waals surface area contributed by atoms with E-state index < -0.39 is 10.0 Å². The molecule has 8 nitrogen and oxygen atoms in total. The van der Waals surface area contributed by atoms with E-state index in [-0.39, 0.29) is 17.3 Å². The van der Waals surface area contributed by atoms with Crippen LogP contribution >= 0.6 is 0 Å². The Balaban J connectivity index is 2.30. The van der Waals surface area contributed by atoms with Gasteiger partial charge in [-0.05, 0) is 13.8 Å². The molecular formula is C10H15N5O3S. The van der Waals surface area contributed by atoms with Crippen LogP contribution in [-0.4, -0.2) is 35.1 Å². The number of nitrogens with one attached hydrogen (secondary N) is 1. The Kier molecular flexibility index (Phi) is 3.33. The van der Waals surface area contributed by atoms with Crippen molar-refractivity contribution in [2.75, 3.05) is 12.8 Å². The maximum absolute atomic E-state index is 12.3. The summed E-state index contributed by atoms with van der Waals surface area (Å²) in [4.78, 5) is -0.0400. The van der Waals surface area contributed by atoms with Crippen LogP contribution in [0.3, 0.4) is 0 Å². The summed E-state index contributed by atoms with van der Waals surface area (Å²) < 4.78 is 30.8. The highest BCUT2D eigenvalue weighted by Gasteiger charge is 2.26. The minimum Gasteiger partial charge on any atom is -0.383 e. The first kappa shape index (κ1) is 13.6. The summed E-state index contributed by atoms with van der Waals surface area (Å²) in [5.41, 5.74) is 6.95. The first-order chi connectivity index (χ1) is 8.84. The Morgan fingerprint density at radius 3 is 2.63 bits per heavy atom. The number of H-pyrrole nitrogens is 1. The Hall–Kier alpha value is -1.87. The van der Waals surface area contributed by atoms with Gasteiger partial charge in [0.05, 0.1) is 11.9 Å². The van der Waals surface area contributed by atoms with Crippen molar-refractivity contribution in [3.63, 3.8) is 0 Å². The molecule has 0 aliphatic carbocycles. The number of hydrogen-bond acceptors (Lipinski definition) is 6. The van der Waals surface area contributed by atoms with Crippen molar-refractivity contribution in [3.05, 3.63) is 23.2 Å². The summed E-state index contributed by atoms with van der Waals surface area (Å²) in [7, 11) is -2.22. The number of nitrogen functional groups attached to an aromatic ring is 1. The van der Waals surface area contributed by atoms with Gasteiger partial charge < -0.3 is 10.3 Å². The van der Waals surface area contributed by atoms with Gasteiger partial charge in [0.1, 0.15) is 16.5 Å². The average molecular weight is 285 g/mol. The third-order valence-electron chi connectivity index (χ3n) is 2.88.